The number of benzene rings is 1. The summed E-state index contributed by atoms with van der Waals surface area (Å²) in [6.07, 6.45) is 1.10. The third-order valence-corrected chi connectivity index (χ3v) is 5.34. The van der Waals surface area contributed by atoms with Gasteiger partial charge < -0.3 is 15.4 Å². The van der Waals surface area contributed by atoms with Gasteiger partial charge in [-0.25, -0.2) is 14.4 Å². The van der Waals surface area contributed by atoms with E-state index in [9.17, 15) is 9.18 Å². The molecule has 1 aromatic carbocycles. The maximum atomic E-state index is 13.8. The number of carbonyl (C=O) groups is 1. The first-order valence-corrected chi connectivity index (χ1v) is 9.42. The van der Waals surface area contributed by atoms with Crippen LogP contribution in [0.1, 0.15) is 19.4 Å². The average molecular weight is 409 g/mol. The Balaban J connectivity index is 1.91. The summed E-state index contributed by atoms with van der Waals surface area (Å²) >= 11 is 7.60. The highest BCUT2D eigenvalue weighted by Crippen LogP contribution is 2.38. The Hall–Kier alpha value is -2.45. The summed E-state index contributed by atoms with van der Waals surface area (Å²) in [6, 6.07) is 4.20. The van der Waals surface area contributed by atoms with Gasteiger partial charge in [0.15, 0.2) is 0 Å². The second-order valence-electron chi connectivity index (χ2n) is 6.03. The van der Waals surface area contributed by atoms with Gasteiger partial charge in [0.05, 0.1) is 22.0 Å². The van der Waals surface area contributed by atoms with E-state index in [1.165, 1.54) is 36.7 Å². The lowest BCUT2D eigenvalue weighted by molar-refractivity contribution is -0.119. The molecule has 0 aliphatic rings. The first kappa shape index (κ1) is 19.3. The van der Waals surface area contributed by atoms with Crippen molar-refractivity contribution in [3.63, 3.8) is 0 Å². The van der Waals surface area contributed by atoms with Crippen molar-refractivity contribution in [2.24, 2.45) is 0 Å². The highest BCUT2D eigenvalue weighted by molar-refractivity contribution is 7.22. The minimum absolute atomic E-state index is 0.156. The zero-order valence-corrected chi connectivity index (χ0v) is 16.5. The van der Waals surface area contributed by atoms with Gasteiger partial charge in [-0.1, -0.05) is 11.6 Å². The predicted octanol–water partition coefficient (Wildman–Crippen LogP) is 4.44. The number of hydrogen-bond donors (Lipinski definition) is 2. The van der Waals surface area contributed by atoms with Gasteiger partial charge in [-0.15, -0.1) is 11.3 Å². The van der Waals surface area contributed by atoms with Crippen LogP contribution in [0.25, 0.3) is 10.2 Å². The maximum Gasteiger partial charge on any atom is 0.217 e. The molecular weight excluding hydrogens is 391 g/mol. The Morgan fingerprint density at radius 1 is 1.41 bits per heavy atom. The number of ether oxygens (including phenoxy) is 1. The van der Waals surface area contributed by atoms with Gasteiger partial charge in [0.2, 0.25) is 5.91 Å². The summed E-state index contributed by atoms with van der Waals surface area (Å²) in [5.41, 5.74) is 1.43. The summed E-state index contributed by atoms with van der Waals surface area (Å²) in [5.74, 6) is 0.298. The lowest BCUT2D eigenvalue weighted by Gasteiger charge is -2.18. The fourth-order valence-electron chi connectivity index (χ4n) is 2.51. The molecule has 0 saturated heterocycles. The molecule has 9 heteroatoms. The maximum absolute atomic E-state index is 13.8. The highest BCUT2D eigenvalue weighted by atomic mass is 35.5. The van der Waals surface area contributed by atoms with E-state index in [4.69, 9.17) is 16.3 Å². The third kappa shape index (κ3) is 4.45. The number of fused-ring (bicyclic) bond motifs is 1. The Morgan fingerprint density at radius 3 is 2.93 bits per heavy atom. The molecule has 2 N–H and O–H groups in total. The lowest BCUT2D eigenvalue weighted by atomic mass is 10.2. The molecule has 6 nitrogen and oxygen atoms in total. The molecule has 0 radical (unpaired) electrons. The fraction of sp³-hybridized carbons (Fsp3) is 0.278. The standard InChI is InChI=1S/C18H18ClFN4O2S/c1-9(7-21-11(3)25)26-14-6-12(20)4-5-13(14)24-17-15-10(2)16(19)27-18(15)23-8-22-17/h4-6,8-9H,7H2,1-3H3,(H,21,25)(H,22,23,24). The zero-order valence-electron chi connectivity index (χ0n) is 15.0. The van der Waals surface area contributed by atoms with Crippen molar-refractivity contribution in [1.82, 2.24) is 15.3 Å². The van der Waals surface area contributed by atoms with Crippen molar-refractivity contribution >= 4 is 50.6 Å². The van der Waals surface area contributed by atoms with E-state index in [1.54, 1.807) is 13.0 Å². The SMILES string of the molecule is CC(=O)NCC(C)Oc1cc(F)ccc1Nc1ncnc2sc(Cl)c(C)c12. The Morgan fingerprint density at radius 2 is 2.19 bits per heavy atom. The molecule has 0 aliphatic heterocycles. The molecular formula is C18H18ClFN4O2S. The Kier molecular flexibility index (Phi) is 5.76. The van der Waals surface area contributed by atoms with Crippen molar-refractivity contribution in [1.29, 1.82) is 0 Å². The largest absolute Gasteiger partial charge is 0.487 e. The van der Waals surface area contributed by atoms with E-state index in [2.05, 4.69) is 20.6 Å². The molecule has 0 aliphatic carbocycles. The molecule has 142 valence electrons. The first-order valence-electron chi connectivity index (χ1n) is 8.22. The second-order valence-corrected chi connectivity index (χ2v) is 7.64. The molecule has 0 spiro atoms. The lowest BCUT2D eigenvalue weighted by Crippen LogP contribution is -2.32. The Labute approximate surface area is 164 Å². The molecule has 1 unspecified atom stereocenters. The number of halogens is 2. The number of nitrogens with zero attached hydrogens (tertiary/aromatic N) is 2. The second kappa shape index (κ2) is 8.06. The number of aryl methyl sites for hydroxylation is 1. The van der Waals surface area contributed by atoms with Crippen LogP contribution in [0.3, 0.4) is 0 Å². The molecule has 3 rings (SSSR count). The van der Waals surface area contributed by atoms with Crippen LogP contribution in [0.4, 0.5) is 15.9 Å². The van der Waals surface area contributed by atoms with E-state index in [0.29, 0.717) is 28.1 Å². The van der Waals surface area contributed by atoms with E-state index in [-0.39, 0.29) is 12.0 Å². The van der Waals surface area contributed by atoms with Crippen LogP contribution in [0.15, 0.2) is 24.5 Å². The van der Waals surface area contributed by atoms with E-state index >= 15 is 0 Å². The van der Waals surface area contributed by atoms with Gasteiger partial charge in [-0.3, -0.25) is 4.79 Å². The van der Waals surface area contributed by atoms with Crippen molar-refractivity contribution in [3.05, 3.63) is 40.2 Å². The zero-order chi connectivity index (χ0) is 19.6. The molecule has 1 amide bonds. The van der Waals surface area contributed by atoms with E-state index < -0.39 is 5.82 Å². The number of nitrogens with one attached hydrogen (secondary N) is 2. The van der Waals surface area contributed by atoms with Gasteiger partial charge >= 0.3 is 0 Å². The smallest absolute Gasteiger partial charge is 0.217 e. The monoisotopic (exact) mass is 408 g/mol. The predicted molar refractivity (Wildman–Crippen MR) is 106 cm³/mol. The number of amides is 1. The number of rotatable bonds is 6. The van der Waals surface area contributed by atoms with Crippen LogP contribution in [0, 0.1) is 12.7 Å². The van der Waals surface area contributed by atoms with Crippen LogP contribution < -0.4 is 15.4 Å². The molecule has 2 aromatic heterocycles. The number of carbonyl (C=O) groups excluding carboxylic acids is 1. The number of aromatic nitrogens is 2. The van der Waals surface area contributed by atoms with Crippen LogP contribution >= 0.6 is 22.9 Å². The van der Waals surface area contributed by atoms with Crippen LogP contribution in [0.5, 0.6) is 5.75 Å². The Bertz CT molecular complexity index is 995. The summed E-state index contributed by atoms with van der Waals surface area (Å²) in [5, 5.41) is 6.67. The van der Waals surface area contributed by atoms with Crippen molar-refractivity contribution in [2.75, 3.05) is 11.9 Å². The van der Waals surface area contributed by atoms with E-state index in [0.717, 1.165) is 15.8 Å². The minimum atomic E-state index is -0.426. The molecule has 3 aromatic rings. The van der Waals surface area contributed by atoms with Crippen molar-refractivity contribution < 1.29 is 13.9 Å². The molecule has 0 fully saturated rings. The van der Waals surface area contributed by atoms with E-state index in [1.807, 2.05) is 6.92 Å². The summed E-state index contributed by atoms with van der Waals surface area (Å²) < 4.78 is 20.2. The van der Waals surface area contributed by atoms with Gasteiger partial charge in [-0.05, 0) is 31.5 Å². The van der Waals surface area contributed by atoms with Crippen LogP contribution in [-0.2, 0) is 4.79 Å². The number of hydrogen-bond acceptors (Lipinski definition) is 6. The molecule has 27 heavy (non-hydrogen) atoms. The van der Waals surface area contributed by atoms with Gasteiger partial charge in [0.1, 0.15) is 34.6 Å². The number of anilines is 2. The normalized spacial score (nSPS) is 12.0. The fourth-order valence-corrected chi connectivity index (χ4v) is 3.70. The average Bonchev–Trinajstić information content (AvgIpc) is 2.91. The van der Waals surface area contributed by atoms with Crippen LogP contribution in [-0.4, -0.2) is 28.5 Å². The van der Waals surface area contributed by atoms with Crippen LogP contribution in [0.2, 0.25) is 4.34 Å². The topological polar surface area (TPSA) is 76.1 Å². The van der Waals surface area contributed by atoms with Gasteiger partial charge in [0, 0.05) is 13.0 Å². The molecule has 2 heterocycles. The summed E-state index contributed by atoms with van der Waals surface area (Å²) in [6.45, 7) is 5.42. The van der Waals surface area contributed by atoms with Crippen molar-refractivity contribution in [2.45, 2.75) is 26.9 Å². The van der Waals surface area contributed by atoms with Crippen molar-refractivity contribution in [3.8, 4) is 5.75 Å². The minimum Gasteiger partial charge on any atom is -0.487 e. The molecule has 1 atom stereocenters. The summed E-state index contributed by atoms with van der Waals surface area (Å²) in [7, 11) is 0. The highest BCUT2D eigenvalue weighted by Gasteiger charge is 2.16. The van der Waals surface area contributed by atoms with Gasteiger partial charge in [0.25, 0.3) is 0 Å². The molecule has 0 saturated carbocycles. The third-order valence-electron chi connectivity index (χ3n) is 3.83. The first-order chi connectivity index (χ1) is 12.8. The van der Waals surface area contributed by atoms with Gasteiger partial charge in [-0.2, -0.15) is 0 Å². The summed E-state index contributed by atoms with van der Waals surface area (Å²) in [4.78, 5) is 20.4. The quantitative estimate of drug-likeness (QED) is 0.630. The number of thiophene rings is 1. The molecule has 0 bridgehead atoms.